The summed E-state index contributed by atoms with van der Waals surface area (Å²) in [5.74, 6) is -1.27. The number of hydrogen-bond acceptors (Lipinski definition) is 2. The summed E-state index contributed by atoms with van der Waals surface area (Å²) in [5.41, 5.74) is 0.178. The highest BCUT2D eigenvalue weighted by Gasteiger charge is 2.16. The van der Waals surface area contributed by atoms with Gasteiger partial charge in [0.2, 0.25) is 5.91 Å². The van der Waals surface area contributed by atoms with Crippen molar-refractivity contribution in [2.45, 2.75) is 19.4 Å². The van der Waals surface area contributed by atoms with Gasteiger partial charge in [0, 0.05) is 5.56 Å². The molecule has 0 aromatic heterocycles. The molecule has 0 aliphatic carbocycles. The van der Waals surface area contributed by atoms with Crippen LogP contribution in [0.3, 0.4) is 0 Å². The maximum Gasteiger partial charge on any atom is 0.234 e. The van der Waals surface area contributed by atoms with Crippen molar-refractivity contribution in [2.75, 3.05) is 13.6 Å². The summed E-state index contributed by atoms with van der Waals surface area (Å²) in [6, 6.07) is 2.73. The van der Waals surface area contributed by atoms with E-state index in [9.17, 15) is 13.6 Å². The standard InChI is InChI=1S/C12H16F2N2O.ClH/c1-3-11(16-12(17)7-15-2)9-6-8(13)4-5-10(9)14;/h4-6,11,15H,3,7H2,1-2H3,(H,16,17);1H. The van der Waals surface area contributed by atoms with Crippen molar-refractivity contribution in [1.82, 2.24) is 10.6 Å². The molecule has 6 heteroatoms. The third-order valence-electron chi connectivity index (χ3n) is 2.41. The lowest BCUT2D eigenvalue weighted by Crippen LogP contribution is -2.35. The van der Waals surface area contributed by atoms with Gasteiger partial charge in [-0.25, -0.2) is 8.78 Å². The molecule has 1 amide bonds. The molecule has 3 nitrogen and oxygen atoms in total. The van der Waals surface area contributed by atoms with Gasteiger partial charge in [0.15, 0.2) is 0 Å². The Morgan fingerprint density at radius 1 is 1.39 bits per heavy atom. The van der Waals surface area contributed by atoms with Crippen LogP contribution in [0.2, 0.25) is 0 Å². The van der Waals surface area contributed by atoms with E-state index in [1.54, 1.807) is 14.0 Å². The molecule has 1 rings (SSSR count). The normalized spacial score (nSPS) is 11.6. The average molecular weight is 279 g/mol. The molecular weight excluding hydrogens is 262 g/mol. The molecule has 0 saturated carbocycles. The number of nitrogens with one attached hydrogen (secondary N) is 2. The van der Waals surface area contributed by atoms with E-state index in [-0.39, 0.29) is 30.4 Å². The molecule has 0 bridgehead atoms. The van der Waals surface area contributed by atoms with Crippen molar-refractivity contribution >= 4 is 18.3 Å². The quantitative estimate of drug-likeness (QED) is 0.867. The number of benzene rings is 1. The summed E-state index contributed by atoms with van der Waals surface area (Å²) >= 11 is 0. The minimum absolute atomic E-state index is 0. The molecular formula is C12H17ClF2N2O. The van der Waals surface area contributed by atoms with Crippen LogP contribution in [-0.4, -0.2) is 19.5 Å². The SMILES string of the molecule is CCC(NC(=O)CNC)c1cc(F)ccc1F.Cl. The Kier molecular flexibility index (Phi) is 7.47. The number of amides is 1. The zero-order valence-electron chi connectivity index (χ0n) is 10.3. The average Bonchev–Trinajstić information content (AvgIpc) is 2.30. The first-order valence-electron chi connectivity index (χ1n) is 5.47. The van der Waals surface area contributed by atoms with Gasteiger partial charge in [0.1, 0.15) is 11.6 Å². The first-order valence-corrected chi connectivity index (χ1v) is 5.47. The molecule has 1 atom stereocenters. The molecule has 1 aromatic carbocycles. The molecule has 0 spiro atoms. The Balaban J connectivity index is 0.00000289. The Morgan fingerprint density at radius 3 is 2.61 bits per heavy atom. The van der Waals surface area contributed by atoms with E-state index in [4.69, 9.17) is 0 Å². The second-order valence-corrected chi connectivity index (χ2v) is 3.72. The molecule has 0 fully saturated rings. The van der Waals surface area contributed by atoms with Crippen molar-refractivity contribution in [3.05, 3.63) is 35.4 Å². The summed E-state index contributed by atoms with van der Waals surface area (Å²) in [6.07, 6.45) is 0.496. The summed E-state index contributed by atoms with van der Waals surface area (Å²) in [6.45, 7) is 1.95. The van der Waals surface area contributed by atoms with Gasteiger partial charge in [0.05, 0.1) is 12.6 Å². The van der Waals surface area contributed by atoms with Crippen LogP contribution in [0.5, 0.6) is 0 Å². The van der Waals surface area contributed by atoms with Crippen LogP contribution < -0.4 is 10.6 Å². The summed E-state index contributed by atoms with van der Waals surface area (Å²) < 4.78 is 26.5. The van der Waals surface area contributed by atoms with Gasteiger partial charge in [-0.2, -0.15) is 0 Å². The zero-order chi connectivity index (χ0) is 12.8. The molecule has 0 aliphatic rings. The Labute approximate surface area is 111 Å². The molecule has 0 radical (unpaired) electrons. The highest BCUT2D eigenvalue weighted by atomic mass is 35.5. The molecule has 0 saturated heterocycles. The summed E-state index contributed by atoms with van der Waals surface area (Å²) in [5, 5.41) is 5.34. The van der Waals surface area contributed by atoms with Crippen LogP contribution in [0, 0.1) is 11.6 Å². The summed E-state index contributed by atoms with van der Waals surface area (Å²) in [7, 11) is 1.64. The van der Waals surface area contributed by atoms with Crippen LogP contribution in [0.25, 0.3) is 0 Å². The van der Waals surface area contributed by atoms with Gasteiger partial charge in [-0.1, -0.05) is 6.92 Å². The Hall–Kier alpha value is -1.20. The number of carbonyl (C=O) groups excluding carboxylic acids is 1. The maximum atomic E-state index is 13.5. The number of carbonyl (C=O) groups is 1. The van der Waals surface area contributed by atoms with E-state index in [0.717, 1.165) is 18.2 Å². The molecule has 2 N–H and O–H groups in total. The van der Waals surface area contributed by atoms with Crippen LogP contribution in [0.4, 0.5) is 8.78 Å². The fraction of sp³-hybridized carbons (Fsp3) is 0.417. The molecule has 1 aromatic rings. The highest BCUT2D eigenvalue weighted by molar-refractivity contribution is 5.85. The van der Waals surface area contributed by atoms with Gasteiger partial charge >= 0.3 is 0 Å². The van der Waals surface area contributed by atoms with Gasteiger partial charge < -0.3 is 10.6 Å². The van der Waals surface area contributed by atoms with E-state index in [1.807, 2.05) is 0 Å². The van der Waals surface area contributed by atoms with Gasteiger partial charge in [-0.3, -0.25) is 4.79 Å². The topological polar surface area (TPSA) is 41.1 Å². The smallest absolute Gasteiger partial charge is 0.234 e. The van der Waals surface area contributed by atoms with E-state index in [2.05, 4.69) is 10.6 Å². The largest absolute Gasteiger partial charge is 0.348 e. The molecule has 1 unspecified atom stereocenters. The van der Waals surface area contributed by atoms with Crippen LogP contribution >= 0.6 is 12.4 Å². The van der Waals surface area contributed by atoms with Crippen LogP contribution in [0.1, 0.15) is 24.9 Å². The molecule has 0 heterocycles. The van der Waals surface area contributed by atoms with Crippen molar-refractivity contribution in [1.29, 1.82) is 0 Å². The third kappa shape index (κ3) is 4.58. The number of hydrogen-bond donors (Lipinski definition) is 2. The van der Waals surface area contributed by atoms with Crippen molar-refractivity contribution in [3.63, 3.8) is 0 Å². The monoisotopic (exact) mass is 278 g/mol. The Morgan fingerprint density at radius 2 is 2.06 bits per heavy atom. The van der Waals surface area contributed by atoms with Crippen LogP contribution in [-0.2, 0) is 4.79 Å². The fourth-order valence-electron chi connectivity index (χ4n) is 1.59. The fourth-order valence-corrected chi connectivity index (χ4v) is 1.59. The number of halogens is 3. The van der Waals surface area contributed by atoms with E-state index >= 15 is 0 Å². The number of likely N-dealkylation sites (N-methyl/N-ethyl adjacent to an activating group) is 1. The van der Waals surface area contributed by atoms with Crippen molar-refractivity contribution < 1.29 is 13.6 Å². The van der Waals surface area contributed by atoms with E-state index in [0.29, 0.717) is 6.42 Å². The second kappa shape index (κ2) is 8.00. The van der Waals surface area contributed by atoms with Crippen LogP contribution in [0.15, 0.2) is 18.2 Å². The minimum Gasteiger partial charge on any atom is -0.348 e. The molecule has 0 aliphatic heterocycles. The maximum absolute atomic E-state index is 13.5. The third-order valence-corrected chi connectivity index (χ3v) is 2.41. The van der Waals surface area contributed by atoms with Gasteiger partial charge in [0.25, 0.3) is 0 Å². The molecule has 102 valence electrons. The minimum atomic E-state index is -0.511. The molecule has 18 heavy (non-hydrogen) atoms. The van der Waals surface area contributed by atoms with Crippen molar-refractivity contribution in [3.8, 4) is 0 Å². The lowest BCUT2D eigenvalue weighted by Gasteiger charge is -2.18. The second-order valence-electron chi connectivity index (χ2n) is 3.72. The number of rotatable bonds is 5. The lowest BCUT2D eigenvalue weighted by molar-refractivity contribution is -0.120. The predicted molar refractivity (Wildman–Crippen MR) is 68.7 cm³/mol. The van der Waals surface area contributed by atoms with Crippen molar-refractivity contribution in [2.24, 2.45) is 0 Å². The highest BCUT2D eigenvalue weighted by Crippen LogP contribution is 2.20. The Bertz CT molecular complexity index is 402. The van der Waals surface area contributed by atoms with Gasteiger partial charge in [-0.05, 0) is 31.7 Å². The lowest BCUT2D eigenvalue weighted by atomic mass is 10.0. The van der Waals surface area contributed by atoms with E-state index in [1.165, 1.54) is 0 Å². The summed E-state index contributed by atoms with van der Waals surface area (Å²) in [4.78, 5) is 11.4. The van der Waals surface area contributed by atoms with Gasteiger partial charge in [-0.15, -0.1) is 12.4 Å². The first kappa shape index (κ1) is 16.8. The van der Waals surface area contributed by atoms with E-state index < -0.39 is 17.7 Å². The predicted octanol–water partition coefficient (Wildman–Crippen LogP) is 2.17. The first-order chi connectivity index (χ1) is 8.08. The zero-order valence-corrected chi connectivity index (χ0v) is 11.1.